The fourth-order valence-electron chi connectivity index (χ4n) is 1.47. The van der Waals surface area contributed by atoms with Crippen LogP contribution in [0.25, 0.3) is 0 Å². The molecule has 0 spiro atoms. The van der Waals surface area contributed by atoms with E-state index >= 15 is 0 Å². The third kappa shape index (κ3) is 2.20. The number of nitrogens with one attached hydrogen (secondary N) is 2. The minimum absolute atomic E-state index is 0.310. The van der Waals surface area contributed by atoms with Crippen molar-refractivity contribution in [2.45, 2.75) is 0 Å². The molecule has 6 nitrogen and oxygen atoms in total. The number of anilines is 2. The Morgan fingerprint density at radius 2 is 2.29 bits per heavy atom. The number of H-pyrrole nitrogens is 1. The van der Waals surface area contributed by atoms with Crippen molar-refractivity contribution in [2.24, 2.45) is 0 Å². The van der Waals surface area contributed by atoms with Crippen LogP contribution in [0.5, 0.6) is 5.75 Å². The molecule has 0 unspecified atom stereocenters. The average molecular weight is 232 g/mol. The van der Waals surface area contributed by atoms with E-state index < -0.39 is 0 Å². The molecule has 1 heterocycles. The van der Waals surface area contributed by atoms with Crippen LogP contribution in [-0.2, 0) is 0 Å². The van der Waals surface area contributed by atoms with Crippen molar-refractivity contribution in [3.05, 3.63) is 36.0 Å². The molecule has 1 amide bonds. The van der Waals surface area contributed by atoms with E-state index in [1.54, 1.807) is 30.5 Å². The summed E-state index contributed by atoms with van der Waals surface area (Å²) < 4.78 is 5.10. The topological polar surface area (TPSA) is 93.0 Å². The lowest BCUT2D eigenvalue weighted by Gasteiger charge is -2.10. The zero-order chi connectivity index (χ0) is 12.3. The molecule has 0 atom stereocenters. The van der Waals surface area contributed by atoms with Crippen molar-refractivity contribution >= 4 is 17.4 Å². The first-order valence-corrected chi connectivity index (χ1v) is 4.95. The van der Waals surface area contributed by atoms with Gasteiger partial charge in [-0.25, -0.2) is 0 Å². The third-order valence-electron chi connectivity index (χ3n) is 2.25. The summed E-state index contributed by atoms with van der Waals surface area (Å²) in [6, 6.07) is 6.69. The van der Waals surface area contributed by atoms with Crippen LogP contribution in [0.4, 0.5) is 11.5 Å². The van der Waals surface area contributed by atoms with Crippen LogP contribution < -0.4 is 15.8 Å². The molecule has 1 aromatic heterocycles. The van der Waals surface area contributed by atoms with Crippen molar-refractivity contribution < 1.29 is 9.53 Å². The number of carbonyl (C=O) groups is 1. The highest BCUT2D eigenvalue weighted by Gasteiger charge is 2.15. The van der Waals surface area contributed by atoms with Gasteiger partial charge in [-0.1, -0.05) is 6.07 Å². The van der Waals surface area contributed by atoms with Crippen LogP contribution in [0.1, 0.15) is 10.4 Å². The number of nitrogen functional groups attached to an aromatic ring is 1. The van der Waals surface area contributed by atoms with E-state index in [1.165, 1.54) is 7.11 Å². The Kier molecular flexibility index (Phi) is 2.95. The Hall–Kier alpha value is -2.50. The molecule has 0 aliphatic rings. The molecule has 0 aliphatic carbocycles. The smallest absolute Gasteiger partial charge is 0.262 e. The van der Waals surface area contributed by atoms with Gasteiger partial charge in [-0.3, -0.25) is 9.89 Å². The molecule has 0 saturated carbocycles. The third-order valence-corrected chi connectivity index (χ3v) is 2.25. The average Bonchev–Trinajstić information content (AvgIpc) is 2.81. The quantitative estimate of drug-likeness (QED) is 0.694. The molecule has 17 heavy (non-hydrogen) atoms. The Morgan fingerprint density at radius 1 is 1.47 bits per heavy atom. The number of nitrogens with two attached hydrogens (primary N) is 1. The Balaban J connectivity index is 2.30. The summed E-state index contributed by atoms with van der Waals surface area (Å²) >= 11 is 0. The Bertz CT molecular complexity index is 522. The number of aromatic nitrogens is 2. The normalized spacial score (nSPS) is 9.94. The first-order valence-electron chi connectivity index (χ1n) is 4.95. The van der Waals surface area contributed by atoms with E-state index in [1.807, 2.05) is 0 Å². The number of hydrogen-bond acceptors (Lipinski definition) is 4. The summed E-state index contributed by atoms with van der Waals surface area (Å²) in [5, 5.41) is 9.00. The van der Waals surface area contributed by atoms with Gasteiger partial charge in [0, 0.05) is 11.8 Å². The van der Waals surface area contributed by atoms with Gasteiger partial charge in [0.15, 0.2) is 0 Å². The van der Waals surface area contributed by atoms with Gasteiger partial charge in [0.1, 0.15) is 17.1 Å². The number of amides is 1. The molecule has 88 valence electrons. The summed E-state index contributed by atoms with van der Waals surface area (Å²) in [4.78, 5) is 12.0. The largest absolute Gasteiger partial charge is 0.496 e. The number of nitrogens with zero attached hydrogens (tertiary/aromatic N) is 1. The fourth-order valence-corrected chi connectivity index (χ4v) is 1.47. The Labute approximate surface area is 97.8 Å². The minimum Gasteiger partial charge on any atom is -0.496 e. The summed E-state index contributed by atoms with van der Waals surface area (Å²) in [5.74, 6) is 0.589. The zero-order valence-electron chi connectivity index (χ0n) is 9.23. The number of ether oxygens (including phenoxy) is 1. The SMILES string of the molecule is COc1cccc(N)c1C(=O)Nc1ccn[nH]1. The molecule has 1 aromatic carbocycles. The van der Waals surface area contributed by atoms with E-state index in [0.717, 1.165) is 0 Å². The molecule has 2 aromatic rings. The van der Waals surface area contributed by atoms with Crippen LogP contribution in [0.3, 0.4) is 0 Å². The van der Waals surface area contributed by atoms with Gasteiger partial charge < -0.3 is 15.8 Å². The fraction of sp³-hybridized carbons (Fsp3) is 0.0909. The highest BCUT2D eigenvalue weighted by Crippen LogP contribution is 2.24. The van der Waals surface area contributed by atoms with E-state index in [2.05, 4.69) is 15.5 Å². The maximum Gasteiger partial charge on any atom is 0.262 e. The number of benzene rings is 1. The lowest BCUT2D eigenvalue weighted by Crippen LogP contribution is -2.15. The highest BCUT2D eigenvalue weighted by atomic mass is 16.5. The number of aromatic amines is 1. The summed E-state index contributed by atoms with van der Waals surface area (Å²) in [6.45, 7) is 0. The number of methoxy groups -OCH3 is 1. The number of hydrogen-bond donors (Lipinski definition) is 3. The maximum absolute atomic E-state index is 12.0. The van der Waals surface area contributed by atoms with E-state index in [0.29, 0.717) is 22.8 Å². The van der Waals surface area contributed by atoms with E-state index in [4.69, 9.17) is 10.5 Å². The minimum atomic E-state index is -0.343. The summed E-state index contributed by atoms with van der Waals surface area (Å²) in [7, 11) is 1.49. The monoisotopic (exact) mass is 232 g/mol. The number of rotatable bonds is 3. The summed E-state index contributed by atoms with van der Waals surface area (Å²) in [6.07, 6.45) is 1.54. The zero-order valence-corrected chi connectivity index (χ0v) is 9.23. The van der Waals surface area contributed by atoms with Crippen molar-refractivity contribution in [3.8, 4) is 5.75 Å². The van der Waals surface area contributed by atoms with Gasteiger partial charge in [-0.05, 0) is 12.1 Å². The summed E-state index contributed by atoms with van der Waals surface area (Å²) in [5.41, 5.74) is 6.43. The first kappa shape index (κ1) is 11.0. The predicted octanol–water partition coefficient (Wildman–Crippen LogP) is 1.25. The molecule has 6 heteroatoms. The van der Waals surface area contributed by atoms with Crippen LogP contribution in [0, 0.1) is 0 Å². The van der Waals surface area contributed by atoms with Gasteiger partial charge in [0.2, 0.25) is 0 Å². The van der Waals surface area contributed by atoms with Crippen molar-refractivity contribution in [1.29, 1.82) is 0 Å². The van der Waals surface area contributed by atoms with Crippen molar-refractivity contribution in [3.63, 3.8) is 0 Å². The standard InChI is InChI=1S/C11H12N4O2/c1-17-8-4-2-3-7(12)10(8)11(16)14-9-5-6-13-15-9/h2-6H,12H2,1H3,(H2,13,14,15,16). The molecule has 0 saturated heterocycles. The van der Waals surface area contributed by atoms with Crippen LogP contribution in [0.2, 0.25) is 0 Å². The van der Waals surface area contributed by atoms with Crippen LogP contribution in [-0.4, -0.2) is 23.2 Å². The van der Waals surface area contributed by atoms with E-state index in [9.17, 15) is 4.79 Å². The Morgan fingerprint density at radius 3 is 2.94 bits per heavy atom. The van der Waals surface area contributed by atoms with Crippen LogP contribution in [0.15, 0.2) is 30.5 Å². The highest BCUT2D eigenvalue weighted by molar-refractivity contribution is 6.09. The first-order chi connectivity index (χ1) is 8.22. The molecule has 2 rings (SSSR count). The van der Waals surface area contributed by atoms with Crippen molar-refractivity contribution in [2.75, 3.05) is 18.2 Å². The lowest BCUT2D eigenvalue weighted by molar-refractivity contribution is 0.102. The van der Waals surface area contributed by atoms with Crippen LogP contribution >= 0.6 is 0 Å². The van der Waals surface area contributed by atoms with Gasteiger partial charge in [-0.15, -0.1) is 0 Å². The molecule has 0 aliphatic heterocycles. The predicted molar refractivity (Wildman–Crippen MR) is 63.9 cm³/mol. The van der Waals surface area contributed by atoms with Gasteiger partial charge in [-0.2, -0.15) is 5.10 Å². The second-order valence-electron chi connectivity index (χ2n) is 3.35. The molecule has 0 bridgehead atoms. The van der Waals surface area contributed by atoms with E-state index in [-0.39, 0.29) is 5.91 Å². The second kappa shape index (κ2) is 4.56. The van der Waals surface area contributed by atoms with Gasteiger partial charge in [0.25, 0.3) is 5.91 Å². The molecular formula is C11H12N4O2. The second-order valence-corrected chi connectivity index (χ2v) is 3.35. The molecule has 4 N–H and O–H groups in total. The van der Waals surface area contributed by atoms with Gasteiger partial charge >= 0.3 is 0 Å². The molecule has 0 fully saturated rings. The molecule has 0 radical (unpaired) electrons. The maximum atomic E-state index is 12.0. The molecular weight excluding hydrogens is 220 g/mol. The van der Waals surface area contributed by atoms with Gasteiger partial charge in [0.05, 0.1) is 13.3 Å². The van der Waals surface area contributed by atoms with Crippen molar-refractivity contribution in [1.82, 2.24) is 10.2 Å². The number of carbonyl (C=O) groups excluding carboxylic acids is 1. The lowest BCUT2D eigenvalue weighted by atomic mass is 10.1.